The zero-order valence-corrected chi connectivity index (χ0v) is 21.3. The van der Waals surface area contributed by atoms with E-state index in [9.17, 15) is 4.79 Å². The van der Waals surface area contributed by atoms with Gasteiger partial charge in [0.2, 0.25) is 5.95 Å². The average molecular weight is 520 g/mol. The molecule has 3 aromatic rings. The number of piperazine rings is 1. The second kappa shape index (κ2) is 11.0. The van der Waals surface area contributed by atoms with Gasteiger partial charge in [0.25, 0.3) is 5.56 Å². The molecule has 1 atom stereocenters. The number of halogens is 2. The molecular weight excluding hydrogens is 491 g/mol. The monoisotopic (exact) mass is 518 g/mol. The fourth-order valence-electron chi connectivity index (χ4n) is 4.08. The van der Waals surface area contributed by atoms with E-state index < -0.39 is 0 Å². The molecule has 0 amide bonds. The van der Waals surface area contributed by atoms with Crippen LogP contribution in [0, 0.1) is 0 Å². The first-order valence-corrected chi connectivity index (χ1v) is 12.7. The molecule has 1 unspecified atom stereocenters. The molecule has 2 heterocycles. The highest BCUT2D eigenvalue weighted by atomic mass is 35.5. The van der Waals surface area contributed by atoms with Gasteiger partial charge in [-0.1, -0.05) is 71.4 Å². The number of hydrogen-bond donors (Lipinski definition) is 2. The first kappa shape index (κ1) is 24.9. The van der Waals surface area contributed by atoms with Crippen LogP contribution in [-0.2, 0) is 13.5 Å². The maximum Gasteiger partial charge on any atom is 0.270 e. The van der Waals surface area contributed by atoms with E-state index in [0.29, 0.717) is 25.8 Å². The zero-order valence-electron chi connectivity index (χ0n) is 19.0. The Labute approximate surface area is 213 Å². The van der Waals surface area contributed by atoms with Crippen molar-refractivity contribution in [2.75, 3.05) is 43.4 Å². The molecule has 180 valence electrons. The summed E-state index contributed by atoms with van der Waals surface area (Å²) in [4.78, 5) is 23.2. The third-order valence-corrected chi connectivity index (χ3v) is 7.95. The van der Waals surface area contributed by atoms with Gasteiger partial charge in [0.05, 0.1) is 10.0 Å². The Kier molecular flexibility index (Phi) is 8.06. The molecule has 0 bridgehead atoms. The Bertz CT molecular complexity index is 1200. The Morgan fingerprint density at radius 2 is 1.76 bits per heavy atom. The van der Waals surface area contributed by atoms with Crippen LogP contribution in [0.1, 0.15) is 5.56 Å². The maximum absolute atomic E-state index is 13.1. The molecule has 10 heteroatoms. The van der Waals surface area contributed by atoms with Gasteiger partial charge in [-0.05, 0) is 24.1 Å². The number of nitrogen functional groups attached to an aromatic ring is 1. The van der Waals surface area contributed by atoms with Gasteiger partial charge in [-0.3, -0.25) is 14.3 Å². The smallest absolute Gasteiger partial charge is 0.270 e. The summed E-state index contributed by atoms with van der Waals surface area (Å²) in [5.74, 6) is 0.753. The summed E-state index contributed by atoms with van der Waals surface area (Å²) in [6.07, 6.45) is 0.851. The van der Waals surface area contributed by atoms with Crippen LogP contribution >= 0.6 is 35.0 Å². The molecule has 7 nitrogen and oxygen atoms in total. The largest absolute Gasteiger partial charge is 0.382 e. The van der Waals surface area contributed by atoms with Crippen LogP contribution in [0.25, 0.3) is 0 Å². The van der Waals surface area contributed by atoms with Gasteiger partial charge >= 0.3 is 0 Å². The minimum absolute atomic E-state index is 0.0710. The lowest BCUT2D eigenvalue weighted by Crippen LogP contribution is -2.51. The molecule has 0 spiro atoms. The lowest BCUT2D eigenvalue weighted by atomic mass is 10.1. The van der Waals surface area contributed by atoms with Crippen molar-refractivity contribution >= 4 is 46.7 Å². The third kappa shape index (κ3) is 5.70. The van der Waals surface area contributed by atoms with Crippen LogP contribution in [0.5, 0.6) is 0 Å². The van der Waals surface area contributed by atoms with Gasteiger partial charge in [0.1, 0.15) is 10.7 Å². The van der Waals surface area contributed by atoms with Crippen molar-refractivity contribution in [2.45, 2.75) is 22.3 Å². The predicted molar refractivity (Wildman–Crippen MR) is 141 cm³/mol. The molecule has 0 radical (unpaired) electrons. The molecule has 1 aromatic heterocycles. The summed E-state index contributed by atoms with van der Waals surface area (Å²) in [5, 5.41) is 0.814. The molecule has 1 fully saturated rings. The van der Waals surface area contributed by atoms with Gasteiger partial charge in [-0.25, -0.2) is 0 Å². The summed E-state index contributed by atoms with van der Waals surface area (Å²) < 4.78 is 1.55. The third-order valence-electron chi connectivity index (χ3n) is 5.87. The van der Waals surface area contributed by atoms with E-state index in [0.717, 1.165) is 39.1 Å². The summed E-state index contributed by atoms with van der Waals surface area (Å²) in [7, 11) is 1.72. The first-order valence-electron chi connectivity index (χ1n) is 11.1. The second-order valence-corrected chi connectivity index (χ2v) is 10.2. The highest BCUT2D eigenvalue weighted by molar-refractivity contribution is 7.99. The van der Waals surface area contributed by atoms with Crippen LogP contribution in [0.2, 0.25) is 10.0 Å². The normalized spacial score (nSPS) is 15.5. The topological polar surface area (TPSA) is 93.4 Å². The Hall–Kier alpha value is -2.23. The van der Waals surface area contributed by atoms with Crippen LogP contribution in [0.3, 0.4) is 0 Å². The van der Waals surface area contributed by atoms with Gasteiger partial charge in [-0.2, -0.15) is 4.98 Å². The van der Waals surface area contributed by atoms with Crippen molar-refractivity contribution in [3.63, 3.8) is 0 Å². The van der Waals surface area contributed by atoms with Crippen LogP contribution < -0.4 is 21.9 Å². The summed E-state index contributed by atoms with van der Waals surface area (Å²) in [6, 6.07) is 15.7. The molecule has 1 aliphatic heterocycles. The molecule has 4 rings (SSSR count). The maximum atomic E-state index is 13.1. The Balaban J connectivity index is 1.41. The van der Waals surface area contributed by atoms with E-state index in [-0.39, 0.29) is 17.4 Å². The van der Waals surface area contributed by atoms with Crippen molar-refractivity contribution in [3.8, 4) is 0 Å². The summed E-state index contributed by atoms with van der Waals surface area (Å²) in [5.41, 5.74) is 13.7. The van der Waals surface area contributed by atoms with E-state index in [2.05, 4.69) is 26.9 Å². The second-order valence-electron chi connectivity index (χ2n) is 8.38. The molecular formula is C24H28Cl2N6OS. The van der Waals surface area contributed by atoms with E-state index in [1.54, 1.807) is 29.8 Å². The number of anilines is 2. The number of hydrogen-bond acceptors (Lipinski definition) is 7. The van der Waals surface area contributed by atoms with Gasteiger partial charge in [0.15, 0.2) is 0 Å². The first-order chi connectivity index (χ1) is 16.3. The summed E-state index contributed by atoms with van der Waals surface area (Å²) >= 11 is 13.6. The number of rotatable bonds is 7. The molecule has 34 heavy (non-hydrogen) atoms. The van der Waals surface area contributed by atoms with Gasteiger partial charge in [-0.15, -0.1) is 0 Å². The number of aromatic nitrogens is 2. The number of nitrogens with zero attached hydrogens (tertiary/aromatic N) is 4. The van der Waals surface area contributed by atoms with Crippen LogP contribution in [0.4, 0.5) is 11.8 Å². The minimum Gasteiger partial charge on any atom is -0.382 e. The predicted octanol–water partition coefficient (Wildman–Crippen LogP) is 3.51. The molecule has 1 saturated heterocycles. The highest BCUT2D eigenvalue weighted by Crippen LogP contribution is 2.37. The van der Waals surface area contributed by atoms with Crippen LogP contribution in [-0.4, -0.2) is 53.2 Å². The van der Waals surface area contributed by atoms with E-state index in [1.165, 1.54) is 17.3 Å². The molecule has 0 aliphatic carbocycles. The Morgan fingerprint density at radius 3 is 2.47 bits per heavy atom. The zero-order chi connectivity index (χ0) is 24.2. The fourth-order valence-corrected chi connectivity index (χ4v) is 5.49. The standard InChI is InChI=1S/C24H28Cl2N6OS/c1-30-23(33)21(34-19-9-5-8-18(25)20(19)26)22(28)29-24(30)32-12-10-31(11-13-32)15-17(27)14-16-6-3-2-4-7-16/h2-9,17H,10-15,27-28H2,1H3. The highest BCUT2D eigenvalue weighted by Gasteiger charge is 2.24. The van der Waals surface area contributed by atoms with Crippen molar-refractivity contribution in [3.05, 3.63) is 74.5 Å². The number of benzene rings is 2. The molecule has 1 aliphatic rings. The van der Waals surface area contributed by atoms with E-state index >= 15 is 0 Å². The quantitative estimate of drug-likeness (QED) is 0.494. The fraction of sp³-hybridized carbons (Fsp3) is 0.333. The molecule has 2 aromatic carbocycles. The van der Waals surface area contributed by atoms with E-state index in [1.807, 2.05) is 18.2 Å². The summed E-state index contributed by atoms with van der Waals surface area (Å²) in [6.45, 7) is 3.99. The van der Waals surface area contributed by atoms with E-state index in [4.69, 9.17) is 34.7 Å². The van der Waals surface area contributed by atoms with Gasteiger partial charge < -0.3 is 16.4 Å². The SMILES string of the molecule is Cn1c(N2CCN(CC(N)Cc3ccccc3)CC2)nc(N)c(Sc2cccc(Cl)c2Cl)c1=O. The van der Waals surface area contributed by atoms with Crippen LogP contribution in [0.15, 0.2) is 63.1 Å². The molecule has 4 N–H and O–H groups in total. The van der Waals surface area contributed by atoms with Crippen molar-refractivity contribution in [1.29, 1.82) is 0 Å². The molecule has 0 saturated carbocycles. The average Bonchev–Trinajstić information content (AvgIpc) is 2.83. The van der Waals surface area contributed by atoms with Crippen molar-refractivity contribution in [1.82, 2.24) is 14.5 Å². The lowest BCUT2D eigenvalue weighted by molar-refractivity contribution is 0.240. The van der Waals surface area contributed by atoms with Crippen molar-refractivity contribution < 1.29 is 0 Å². The van der Waals surface area contributed by atoms with Gasteiger partial charge in [0, 0.05) is 50.7 Å². The number of nitrogens with two attached hydrogens (primary N) is 2. The lowest BCUT2D eigenvalue weighted by Gasteiger charge is -2.37. The Morgan fingerprint density at radius 1 is 1.06 bits per heavy atom. The van der Waals surface area contributed by atoms with Crippen molar-refractivity contribution in [2.24, 2.45) is 12.8 Å². The minimum atomic E-state index is -0.212.